The lowest BCUT2D eigenvalue weighted by Gasteiger charge is -2.23. The molecular formula is C12H17N5O. The second-order valence-electron chi connectivity index (χ2n) is 4.94. The van der Waals surface area contributed by atoms with Crippen LogP contribution in [0.4, 0.5) is 0 Å². The fourth-order valence-electron chi connectivity index (χ4n) is 1.54. The van der Waals surface area contributed by atoms with Gasteiger partial charge < -0.3 is 11.1 Å². The van der Waals surface area contributed by atoms with E-state index in [1.165, 1.54) is 6.20 Å². The number of carbonyl (C=O) groups excluding carboxylic acids is 1. The Morgan fingerprint density at radius 1 is 1.56 bits per heavy atom. The van der Waals surface area contributed by atoms with Crippen LogP contribution in [0.5, 0.6) is 0 Å². The molecule has 2 rings (SSSR count). The van der Waals surface area contributed by atoms with Crippen molar-refractivity contribution < 1.29 is 4.79 Å². The predicted molar refractivity (Wildman–Crippen MR) is 68.3 cm³/mol. The van der Waals surface area contributed by atoms with Gasteiger partial charge in [-0.2, -0.15) is 5.10 Å². The lowest BCUT2D eigenvalue weighted by atomic mass is 10.1. The van der Waals surface area contributed by atoms with Crippen molar-refractivity contribution in [1.29, 1.82) is 0 Å². The zero-order valence-electron chi connectivity index (χ0n) is 10.8. The van der Waals surface area contributed by atoms with Crippen LogP contribution in [-0.4, -0.2) is 32.6 Å². The van der Waals surface area contributed by atoms with Gasteiger partial charge in [0.1, 0.15) is 5.56 Å². The van der Waals surface area contributed by atoms with E-state index in [2.05, 4.69) is 15.4 Å². The summed E-state index contributed by atoms with van der Waals surface area (Å²) in [6.45, 7) is 5.98. The molecule has 0 aliphatic heterocycles. The zero-order chi connectivity index (χ0) is 13.3. The Hall–Kier alpha value is -1.95. The van der Waals surface area contributed by atoms with Crippen LogP contribution < -0.4 is 11.1 Å². The molecule has 0 spiro atoms. The van der Waals surface area contributed by atoms with Crippen LogP contribution in [0, 0.1) is 6.92 Å². The number of hydrogen-bond acceptors (Lipinski definition) is 4. The number of rotatable bonds is 3. The van der Waals surface area contributed by atoms with Gasteiger partial charge in [0, 0.05) is 24.0 Å². The Morgan fingerprint density at radius 2 is 2.28 bits per heavy atom. The Bertz CT molecular complexity index is 587. The first kappa shape index (κ1) is 12.5. The molecule has 0 aliphatic carbocycles. The van der Waals surface area contributed by atoms with Gasteiger partial charge in [-0.1, -0.05) is 0 Å². The molecule has 0 aromatic carbocycles. The molecule has 0 bridgehead atoms. The largest absolute Gasteiger partial charge is 0.346 e. The molecular weight excluding hydrogens is 230 g/mol. The molecule has 2 aromatic rings. The minimum absolute atomic E-state index is 0.210. The van der Waals surface area contributed by atoms with Crippen LogP contribution >= 0.6 is 0 Å². The van der Waals surface area contributed by atoms with Crippen molar-refractivity contribution in [3.63, 3.8) is 0 Å². The van der Waals surface area contributed by atoms with Crippen molar-refractivity contribution in [3.8, 4) is 0 Å². The molecule has 2 aromatic heterocycles. The monoisotopic (exact) mass is 247 g/mol. The summed E-state index contributed by atoms with van der Waals surface area (Å²) < 4.78 is 1.58. The summed E-state index contributed by atoms with van der Waals surface area (Å²) in [5.74, 6) is -0.210. The first-order chi connectivity index (χ1) is 8.43. The molecule has 0 aliphatic rings. The lowest BCUT2D eigenvalue weighted by molar-refractivity contribution is 0.0917. The number of nitrogens with one attached hydrogen (secondary N) is 1. The summed E-state index contributed by atoms with van der Waals surface area (Å²) in [6.07, 6.45) is 3.30. The lowest BCUT2D eigenvalue weighted by Crippen LogP contribution is -2.48. The van der Waals surface area contributed by atoms with Gasteiger partial charge in [-0.3, -0.25) is 4.79 Å². The summed E-state index contributed by atoms with van der Waals surface area (Å²) in [4.78, 5) is 16.5. The number of nitrogens with zero attached hydrogens (tertiary/aromatic N) is 3. The maximum atomic E-state index is 12.1. The number of carbonyl (C=O) groups is 1. The molecule has 0 saturated heterocycles. The Labute approximate surface area is 105 Å². The van der Waals surface area contributed by atoms with E-state index in [0.29, 0.717) is 17.8 Å². The van der Waals surface area contributed by atoms with E-state index in [1.807, 2.05) is 26.8 Å². The SMILES string of the molecule is Cc1ccn2ncc(C(=O)NC(C)(C)CN)c2n1. The summed E-state index contributed by atoms with van der Waals surface area (Å²) in [5.41, 5.74) is 7.00. The fourth-order valence-corrected chi connectivity index (χ4v) is 1.54. The number of aryl methyl sites for hydroxylation is 1. The van der Waals surface area contributed by atoms with Crippen LogP contribution in [0.25, 0.3) is 5.65 Å². The van der Waals surface area contributed by atoms with E-state index in [9.17, 15) is 4.79 Å². The summed E-state index contributed by atoms with van der Waals surface area (Å²) in [6, 6.07) is 1.84. The highest BCUT2D eigenvalue weighted by molar-refractivity contribution is 6.00. The highest BCUT2D eigenvalue weighted by atomic mass is 16.1. The third-order valence-corrected chi connectivity index (χ3v) is 2.72. The maximum absolute atomic E-state index is 12.1. The summed E-state index contributed by atoms with van der Waals surface area (Å²) in [7, 11) is 0. The molecule has 18 heavy (non-hydrogen) atoms. The van der Waals surface area contributed by atoms with E-state index in [1.54, 1.807) is 10.7 Å². The quantitative estimate of drug-likeness (QED) is 0.827. The summed E-state index contributed by atoms with van der Waals surface area (Å²) >= 11 is 0. The molecule has 0 fully saturated rings. The van der Waals surface area contributed by atoms with Crippen LogP contribution in [0.15, 0.2) is 18.5 Å². The van der Waals surface area contributed by atoms with E-state index < -0.39 is 5.54 Å². The summed E-state index contributed by atoms with van der Waals surface area (Å²) in [5, 5.41) is 6.96. The minimum atomic E-state index is -0.449. The van der Waals surface area contributed by atoms with E-state index in [4.69, 9.17) is 5.73 Å². The van der Waals surface area contributed by atoms with Gasteiger partial charge in [0.05, 0.1) is 6.20 Å². The van der Waals surface area contributed by atoms with Gasteiger partial charge in [0.2, 0.25) is 0 Å². The molecule has 1 amide bonds. The van der Waals surface area contributed by atoms with Crippen molar-refractivity contribution >= 4 is 11.6 Å². The van der Waals surface area contributed by atoms with Gasteiger partial charge in [0.25, 0.3) is 5.91 Å². The Morgan fingerprint density at radius 3 is 2.94 bits per heavy atom. The number of aromatic nitrogens is 3. The maximum Gasteiger partial charge on any atom is 0.257 e. The third-order valence-electron chi connectivity index (χ3n) is 2.72. The van der Waals surface area contributed by atoms with Crippen LogP contribution in [0.2, 0.25) is 0 Å². The molecule has 0 radical (unpaired) electrons. The van der Waals surface area contributed by atoms with Crippen molar-refractivity contribution in [2.24, 2.45) is 5.73 Å². The standard InChI is InChI=1S/C12H17N5O/c1-8-4-5-17-10(15-8)9(6-14-17)11(18)16-12(2,3)7-13/h4-6H,7,13H2,1-3H3,(H,16,18). The normalized spacial score (nSPS) is 11.8. The topological polar surface area (TPSA) is 85.3 Å². The van der Waals surface area contributed by atoms with Gasteiger partial charge in [-0.25, -0.2) is 9.50 Å². The molecule has 96 valence electrons. The molecule has 0 atom stereocenters. The molecule has 3 N–H and O–H groups in total. The average molecular weight is 247 g/mol. The van der Waals surface area contributed by atoms with Crippen LogP contribution in [-0.2, 0) is 0 Å². The van der Waals surface area contributed by atoms with Gasteiger partial charge in [-0.05, 0) is 26.8 Å². The molecule has 0 saturated carbocycles. The van der Waals surface area contributed by atoms with E-state index in [-0.39, 0.29) is 5.91 Å². The van der Waals surface area contributed by atoms with Crippen molar-refractivity contribution in [1.82, 2.24) is 19.9 Å². The fraction of sp³-hybridized carbons (Fsp3) is 0.417. The second-order valence-corrected chi connectivity index (χ2v) is 4.94. The average Bonchev–Trinajstić information content (AvgIpc) is 2.71. The number of nitrogens with two attached hydrogens (primary N) is 1. The molecule has 0 unspecified atom stereocenters. The number of hydrogen-bond donors (Lipinski definition) is 2. The van der Waals surface area contributed by atoms with Crippen molar-refractivity contribution in [2.45, 2.75) is 26.3 Å². The Balaban J connectivity index is 2.36. The van der Waals surface area contributed by atoms with E-state index >= 15 is 0 Å². The minimum Gasteiger partial charge on any atom is -0.346 e. The van der Waals surface area contributed by atoms with Crippen LogP contribution in [0.1, 0.15) is 29.9 Å². The first-order valence-corrected chi connectivity index (χ1v) is 5.76. The highest BCUT2D eigenvalue weighted by Crippen LogP contribution is 2.10. The number of amides is 1. The highest BCUT2D eigenvalue weighted by Gasteiger charge is 2.22. The predicted octanol–water partition coefficient (Wildman–Crippen LogP) is 0.505. The van der Waals surface area contributed by atoms with Crippen LogP contribution in [0.3, 0.4) is 0 Å². The third kappa shape index (κ3) is 2.33. The van der Waals surface area contributed by atoms with E-state index in [0.717, 1.165) is 5.69 Å². The number of fused-ring (bicyclic) bond motifs is 1. The van der Waals surface area contributed by atoms with Gasteiger partial charge in [-0.15, -0.1) is 0 Å². The van der Waals surface area contributed by atoms with Gasteiger partial charge in [0.15, 0.2) is 5.65 Å². The molecule has 2 heterocycles. The van der Waals surface area contributed by atoms with Crippen molar-refractivity contribution in [2.75, 3.05) is 6.54 Å². The molecule has 6 nitrogen and oxygen atoms in total. The smallest absolute Gasteiger partial charge is 0.257 e. The molecule has 6 heteroatoms. The second kappa shape index (κ2) is 4.38. The Kier molecular flexibility index (Phi) is 3.04. The van der Waals surface area contributed by atoms with Crippen molar-refractivity contribution in [3.05, 3.63) is 29.7 Å². The van der Waals surface area contributed by atoms with Gasteiger partial charge >= 0.3 is 0 Å². The zero-order valence-corrected chi connectivity index (χ0v) is 10.8. The first-order valence-electron chi connectivity index (χ1n) is 5.76.